The molecule has 1 fully saturated rings. The quantitative estimate of drug-likeness (QED) is 0.777. The zero-order valence-corrected chi connectivity index (χ0v) is 10.8. The first-order chi connectivity index (χ1) is 8.74. The molecule has 0 spiro atoms. The van der Waals surface area contributed by atoms with Crippen LogP contribution in [0.25, 0.3) is 0 Å². The van der Waals surface area contributed by atoms with Crippen molar-refractivity contribution in [2.45, 2.75) is 19.5 Å². The van der Waals surface area contributed by atoms with Gasteiger partial charge in [0.25, 0.3) is 0 Å². The Morgan fingerprint density at radius 2 is 2.33 bits per heavy atom. The van der Waals surface area contributed by atoms with Crippen LogP contribution >= 0.6 is 0 Å². The first-order valence-corrected chi connectivity index (χ1v) is 6.23. The van der Waals surface area contributed by atoms with Crippen molar-refractivity contribution in [3.8, 4) is 0 Å². The Morgan fingerprint density at radius 1 is 1.56 bits per heavy atom. The van der Waals surface area contributed by atoms with Crippen molar-refractivity contribution in [2.24, 2.45) is 0 Å². The summed E-state index contributed by atoms with van der Waals surface area (Å²) in [5.41, 5.74) is 1.28. The molecular formula is C13H19N3O2. The lowest BCUT2D eigenvalue weighted by molar-refractivity contribution is 0.0593. The van der Waals surface area contributed by atoms with Gasteiger partial charge in [0.15, 0.2) is 0 Å². The number of hydrogen-bond acceptors (Lipinski definition) is 5. The second kappa shape index (κ2) is 5.93. The molecule has 1 aliphatic heterocycles. The predicted octanol–water partition coefficient (Wildman–Crippen LogP) is 0.662. The summed E-state index contributed by atoms with van der Waals surface area (Å²) >= 11 is 0. The van der Waals surface area contributed by atoms with Crippen LogP contribution in [-0.2, 0) is 11.3 Å². The molecular weight excluding hydrogens is 230 g/mol. The van der Waals surface area contributed by atoms with Crippen molar-refractivity contribution in [3.63, 3.8) is 0 Å². The summed E-state index contributed by atoms with van der Waals surface area (Å²) in [5.74, 6) is -0.384. The highest BCUT2D eigenvalue weighted by molar-refractivity contribution is 5.87. The molecule has 1 saturated heterocycles. The summed E-state index contributed by atoms with van der Waals surface area (Å²) < 4.78 is 4.68. The van der Waals surface area contributed by atoms with Crippen molar-refractivity contribution in [1.82, 2.24) is 15.2 Å². The van der Waals surface area contributed by atoms with Gasteiger partial charge in [0, 0.05) is 25.7 Å². The van der Waals surface area contributed by atoms with Gasteiger partial charge in [0.1, 0.15) is 5.69 Å². The molecule has 18 heavy (non-hydrogen) atoms. The van der Waals surface area contributed by atoms with Crippen molar-refractivity contribution in [3.05, 3.63) is 29.6 Å². The largest absolute Gasteiger partial charge is 0.464 e. The fraction of sp³-hybridized carbons (Fsp3) is 0.538. The molecule has 0 atom stereocenters. The molecule has 98 valence electrons. The Bertz CT molecular complexity index is 418. The zero-order chi connectivity index (χ0) is 13.0. The second-order valence-corrected chi connectivity index (χ2v) is 4.38. The predicted molar refractivity (Wildman–Crippen MR) is 68.3 cm³/mol. The summed E-state index contributed by atoms with van der Waals surface area (Å²) in [6.45, 7) is 5.96. The average Bonchev–Trinajstić information content (AvgIpc) is 2.35. The molecule has 0 aliphatic carbocycles. The Kier molecular flexibility index (Phi) is 4.28. The maximum absolute atomic E-state index is 11.4. The molecule has 5 nitrogen and oxygen atoms in total. The molecule has 5 heteroatoms. The lowest BCUT2D eigenvalue weighted by Crippen LogP contribution is -2.56. The van der Waals surface area contributed by atoms with Crippen molar-refractivity contribution in [1.29, 1.82) is 0 Å². The number of ether oxygens (including phenoxy) is 1. The first-order valence-electron chi connectivity index (χ1n) is 6.23. The minimum absolute atomic E-state index is 0.373. The standard InChI is InChI=1S/C13H19N3O2/c1-3-16(11-7-14-8-11)9-10-5-4-6-12(15-10)13(17)18-2/h4-6,11,14H,3,7-9H2,1-2H3. The van der Waals surface area contributed by atoms with Gasteiger partial charge in [-0.25, -0.2) is 9.78 Å². The summed E-state index contributed by atoms with van der Waals surface area (Å²) in [4.78, 5) is 18.1. The minimum Gasteiger partial charge on any atom is -0.464 e. The highest BCUT2D eigenvalue weighted by Crippen LogP contribution is 2.10. The Labute approximate surface area is 107 Å². The van der Waals surface area contributed by atoms with Crippen LogP contribution in [0.15, 0.2) is 18.2 Å². The van der Waals surface area contributed by atoms with Crippen LogP contribution in [0.2, 0.25) is 0 Å². The smallest absolute Gasteiger partial charge is 0.356 e. The van der Waals surface area contributed by atoms with E-state index in [1.54, 1.807) is 6.07 Å². The van der Waals surface area contributed by atoms with E-state index in [-0.39, 0.29) is 5.97 Å². The third-order valence-corrected chi connectivity index (χ3v) is 3.25. The van der Waals surface area contributed by atoms with E-state index in [1.165, 1.54) is 7.11 Å². The van der Waals surface area contributed by atoms with Crippen LogP contribution in [-0.4, -0.2) is 48.6 Å². The summed E-state index contributed by atoms with van der Waals surface area (Å²) in [6, 6.07) is 6.05. The van der Waals surface area contributed by atoms with Gasteiger partial charge in [0.2, 0.25) is 0 Å². The van der Waals surface area contributed by atoms with Gasteiger partial charge in [-0.3, -0.25) is 4.90 Å². The number of esters is 1. The van der Waals surface area contributed by atoms with Gasteiger partial charge >= 0.3 is 5.97 Å². The first kappa shape index (κ1) is 13.0. The van der Waals surface area contributed by atoms with E-state index in [4.69, 9.17) is 0 Å². The summed E-state index contributed by atoms with van der Waals surface area (Å²) in [6.07, 6.45) is 0. The van der Waals surface area contributed by atoms with E-state index < -0.39 is 0 Å². The number of carbonyl (C=O) groups excluding carboxylic acids is 1. The fourth-order valence-electron chi connectivity index (χ4n) is 2.02. The molecule has 0 amide bonds. The summed E-state index contributed by atoms with van der Waals surface area (Å²) in [5, 5.41) is 3.26. The van der Waals surface area contributed by atoms with Crippen molar-refractivity contribution in [2.75, 3.05) is 26.7 Å². The number of hydrogen-bond donors (Lipinski definition) is 1. The molecule has 0 unspecified atom stereocenters. The molecule has 1 aromatic heterocycles. The summed E-state index contributed by atoms with van der Waals surface area (Å²) in [7, 11) is 1.37. The number of rotatable bonds is 5. The maximum Gasteiger partial charge on any atom is 0.356 e. The van der Waals surface area contributed by atoms with Crippen LogP contribution < -0.4 is 5.32 Å². The van der Waals surface area contributed by atoms with Crippen LogP contribution in [0.5, 0.6) is 0 Å². The number of pyridine rings is 1. The number of methoxy groups -OCH3 is 1. The Hall–Kier alpha value is -1.46. The fourth-order valence-corrected chi connectivity index (χ4v) is 2.02. The van der Waals surface area contributed by atoms with E-state index >= 15 is 0 Å². The lowest BCUT2D eigenvalue weighted by atomic mass is 10.1. The molecule has 1 N–H and O–H groups in total. The third-order valence-electron chi connectivity index (χ3n) is 3.25. The molecule has 0 aromatic carbocycles. The molecule has 1 aliphatic rings. The number of nitrogens with zero attached hydrogens (tertiary/aromatic N) is 2. The van der Waals surface area contributed by atoms with Crippen LogP contribution in [0.1, 0.15) is 23.1 Å². The van der Waals surface area contributed by atoms with Gasteiger partial charge < -0.3 is 10.1 Å². The van der Waals surface area contributed by atoms with Crippen LogP contribution in [0, 0.1) is 0 Å². The van der Waals surface area contributed by atoms with Gasteiger partial charge in [-0.1, -0.05) is 13.0 Å². The highest BCUT2D eigenvalue weighted by atomic mass is 16.5. The van der Waals surface area contributed by atoms with Crippen LogP contribution in [0.4, 0.5) is 0 Å². The van der Waals surface area contributed by atoms with Crippen molar-refractivity contribution < 1.29 is 9.53 Å². The molecule has 1 aromatic rings. The average molecular weight is 249 g/mol. The van der Waals surface area contributed by atoms with Crippen LogP contribution in [0.3, 0.4) is 0 Å². The third kappa shape index (κ3) is 2.86. The SMILES string of the molecule is CCN(Cc1cccc(C(=O)OC)n1)C1CNC1. The minimum atomic E-state index is -0.384. The highest BCUT2D eigenvalue weighted by Gasteiger charge is 2.23. The number of likely N-dealkylation sites (N-methyl/N-ethyl adjacent to an activating group) is 1. The van der Waals surface area contributed by atoms with E-state index in [2.05, 4.69) is 26.9 Å². The van der Waals surface area contributed by atoms with E-state index in [9.17, 15) is 4.79 Å². The van der Waals surface area contributed by atoms with Gasteiger partial charge in [0.05, 0.1) is 12.8 Å². The molecule has 2 heterocycles. The van der Waals surface area contributed by atoms with E-state index in [0.717, 1.165) is 31.9 Å². The van der Waals surface area contributed by atoms with E-state index in [1.807, 2.05) is 12.1 Å². The van der Waals surface area contributed by atoms with E-state index in [0.29, 0.717) is 11.7 Å². The zero-order valence-electron chi connectivity index (χ0n) is 10.8. The lowest BCUT2D eigenvalue weighted by Gasteiger charge is -2.37. The normalized spacial score (nSPS) is 15.5. The maximum atomic E-state index is 11.4. The second-order valence-electron chi connectivity index (χ2n) is 4.38. The van der Waals surface area contributed by atoms with Gasteiger partial charge in [-0.05, 0) is 18.7 Å². The van der Waals surface area contributed by atoms with Gasteiger partial charge in [-0.2, -0.15) is 0 Å². The topological polar surface area (TPSA) is 54.5 Å². The molecule has 0 bridgehead atoms. The van der Waals surface area contributed by atoms with Gasteiger partial charge in [-0.15, -0.1) is 0 Å². The number of nitrogens with one attached hydrogen (secondary N) is 1. The Morgan fingerprint density at radius 3 is 2.89 bits per heavy atom. The molecule has 2 rings (SSSR count). The Balaban J connectivity index is 2.05. The molecule has 0 saturated carbocycles. The number of carbonyl (C=O) groups is 1. The van der Waals surface area contributed by atoms with Crippen molar-refractivity contribution >= 4 is 5.97 Å². The number of aromatic nitrogens is 1. The molecule has 0 radical (unpaired) electrons. The monoisotopic (exact) mass is 249 g/mol.